The van der Waals surface area contributed by atoms with E-state index in [1.807, 2.05) is 36.9 Å². The second-order valence-electron chi connectivity index (χ2n) is 5.41. The predicted molar refractivity (Wildman–Crippen MR) is 76.6 cm³/mol. The maximum absolute atomic E-state index is 12.4. The molecule has 4 nitrogen and oxygen atoms in total. The molecule has 0 radical (unpaired) electrons. The number of benzene rings is 1. The minimum atomic E-state index is -0.794. The monoisotopic (exact) mass is 262 g/mol. The van der Waals surface area contributed by atoms with Crippen LogP contribution in [-0.2, 0) is 11.2 Å². The first kappa shape index (κ1) is 13.9. The molecule has 0 bridgehead atoms. The molecule has 0 aromatic heterocycles. The lowest BCUT2D eigenvalue weighted by Gasteiger charge is -2.39. The molecule has 0 saturated carbocycles. The van der Waals surface area contributed by atoms with Gasteiger partial charge in [-0.15, -0.1) is 0 Å². The Bertz CT molecular complexity index is 483. The van der Waals surface area contributed by atoms with Gasteiger partial charge in [-0.1, -0.05) is 13.0 Å². The molecular weight excluding hydrogens is 240 g/mol. The fourth-order valence-corrected chi connectivity index (χ4v) is 2.38. The van der Waals surface area contributed by atoms with E-state index in [1.54, 1.807) is 0 Å². The van der Waals surface area contributed by atoms with Crippen LogP contribution in [0.1, 0.15) is 32.8 Å². The van der Waals surface area contributed by atoms with Gasteiger partial charge in [0.2, 0.25) is 0 Å². The van der Waals surface area contributed by atoms with Gasteiger partial charge in [0.15, 0.2) is 5.60 Å². The summed E-state index contributed by atoms with van der Waals surface area (Å²) in [6.45, 7) is 7.01. The number of rotatable bonds is 4. The Morgan fingerprint density at radius 1 is 1.37 bits per heavy atom. The summed E-state index contributed by atoms with van der Waals surface area (Å²) in [6.07, 6.45) is 1.73. The van der Waals surface area contributed by atoms with Gasteiger partial charge < -0.3 is 15.4 Å². The number of hydrogen-bond donors (Lipinski definition) is 1. The topological polar surface area (TPSA) is 55.6 Å². The standard InChI is InChI=1S/C15H22N2O2/c1-4-9-17-12-10-11(7-8-16)5-6-13(12)19-15(2,3)14(17)18/h5-6,10H,4,7-9,16H2,1-3H3. The zero-order valence-electron chi connectivity index (χ0n) is 11.9. The van der Waals surface area contributed by atoms with Crippen LogP contribution in [0.4, 0.5) is 5.69 Å². The largest absolute Gasteiger partial charge is 0.476 e. The summed E-state index contributed by atoms with van der Waals surface area (Å²) < 4.78 is 5.82. The van der Waals surface area contributed by atoms with Crippen LogP contribution in [0.25, 0.3) is 0 Å². The Kier molecular flexibility index (Phi) is 3.80. The third kappa shape index (κ3) is 2.59. The molecule has 1 aliphatic rings. The van der Waals surface area contributed by atoms with Crippen LogP contribution in [0.5, 0.6) is 5.75 Å². The lowest BCUT2D eigenvalue weighted by Crippen LogP contribution is -2.52. The Hall–Kier alpha value is -1.55. The first-order valence-corrected chi connectivity index (χ1v) is 6.83. The number of carbonyl (C=O) groups excluding carboxylic acids is 1. The van der Waals surface area contributed by atoms with E-state index in [0.717, 1.165) is 29.8 Å². The molecule has 0 atom stereocenters. The van der Waals surface area contributed by atoms with Crippen LogP contribution in [-0.4, -0.2) is 24.6 Å². The second kappa shape index (κ2) is 5.21. The van der Waals surface area contributed by atoms with E-state index in [1.165, 1.54) is 0 Å². The van der Waals surface area contributed by atoms with E-state index < -0.39 is 5.60 Å². The van der Waals surface area contributed by atoms with Crippen LogP contribution in [0.3, 0.4) is 0 Å². The minimum Gasteiger partial charge on any atom is -0.476 e. The zero-order chi connectivity index (χ0) is 14.0. The quantitative estimate of drug-likeness (QED) is 0.904. The highest BCUT2D eigenvalue weighted by Gasteiger charge is 2.40. The van der Waals surface area contributed by atoms with E-state index in [2.05, 4.69) is 6.92 Å². The molecule has 1 amide bonds. The van der Waals surface area contributed by atoms with Crippen molar-refractivity contribution in [2.75, 3.05) is 18.0 Å². The first-order chi connectivity index (χ1) is 8.99. The number of fused-ring (bicyclic) bond motifs is 1. The molecule has 0 aliphatic carbocycles. The fourth-order valence-electron chi connectivity index (χ4n) is 2.38. The molecular formula is C15H22N2O2. The van der Waals surface area contributed by atoms with Crippen LogP contribution >= 0.6 is 0 Å². The molecule has 1 aliphatic heterocycles. The minimum absolute atomic E-state index is 0.0201. The molecule has 104 valence electrons. The van der Waals surface area contributed by atoms with Crippen molar-refractivity contribution in [2.24, 2.45) is 5.73 Å². The van der Waals surface area contributed by atoms with Crippen molar-refractivity contribution in [3.8, 4) is 5.75 Å². The predicted octanol–water partition coefficient (Wildman–Crippen LogP) is 2.10. The highest BCUT2D eigenvalue weighted by atomic mass is 16.5. The van der Waals surface area contributed by atoms with Gasteiger partial charge >= 0.3 is 0 Å². The average Bonchev–Trinajstić information content (AvgIpc) is 2.36. The number of hydrogen-bond acceptors (Lipinski definition) is 3. The molecule has 0 unspecified atom stereocenters. The number of nitrogens with zero attached hydrogens (tertiary/aromatic N) is 1. The molecule has 1 aromatic carbocycles. The average molecular weight is 262 g/mol. The molecule has 0 spiro atoms. The van der Waals surface area contributed by atoms with Crippen molar-refractivity contribution in [3.05, 3.63) is 23.8 Å². The third-order valence-corrected chi connectivity index (χ3v) is 3.32. The van der Waals surface area contributed by atoms with Gasteiger partial charge in [0, 0.05) is 6.54 Å². The third-order valence-electron chi connectivity index (χ3n) is 3.32. The summed E-state index contributed by atoms with van der Waals surface area (Å²) in [7, 11) is 0. The van der Waals surface area contributed by atoms with Crippen LogP contribution < -0.4 is 15.4 Å². The van der Waals surface area contributed by atoms with Gasteiger partial charge in [0.05, 0.1) is 5.69 Å². The molecule has 19 heavy (non-hydrogen) atoms. The zero-order valence-corrected chi connectivity index (χ0v) is 11.9. The Morgan fingerprint density at radius 3 is 2.74 bits per heavy atom. The fraction of sp³-hybridized carbons (Fsp3) is 0.533. The van der Waals surface area contributed by atoms with E-state index in [9.17, 15) is 4.79 Å². The summed E-state index contributed by atoms with van der Waals surface area (Å²) in [5.41, 5.74) is 6.80. The number of ether oxygens (including phenoxy) is 1. The molecule has 0 fully saturated rings. The SMILES string of the molecule is CCCN1C(=O)C(C)(C)Oc2ccc(CCN)cc21. The number of nitrogens with two attached hydrogens (primary N) is 1. The highest BCUT2D eigenvalue weighted by molar-refractivity contribution is 6.02. The lowest BCUT2D eigenvalue weighted by atomic mass is 10.0. The summed E-state index contributed by atoms with van der Waals surface area (Å²) in [5.74, 6) is 0.797. The normalized spacial score (nSPS) is 17.1. The Morgan fingerprint density at radius 2 is 2.11 bits per heavy atom. The van der Waals surface area contributed by atoms with Crippen molar-refractivity contribution in [1.29, 1.82) is 0 Å². The molecule has 2 N–H and O–H groups in total. The lowest BCUT2D eigenvalue weighted by molar-refractivity contribution is -0.132. The van der Waals surface area contributed by atoms with Gasteiger partial charge in [0.1, 0.15) is 5.75 Å². The molecule has 2 rings (SSSR count). The van der Waals surface area contributed by atoms with Crippen molar-refractivity contribution in [3.63, 3.8) is 0 Å². The number of carbonyl (C=O) groups is 1. The van der Waals surface area contributed by atoms with E-state index in [-0.39, 0.29) is 5.91 Å². The van der Waals surface area contributed by atoms with E-state index >= 15 is 0 Å². The van der Waals surface area contributed by atoms with Crippen LogP contribution in [0, 0.1) is 0 Å². The van der Waals surface area contributed by atoms with Crippen molar-refractivity contribution in [2.45, 2.75) is 39.2 Å². The first-order valence-electron chi connectivity index (χ1n) is 6.83. The van der Waals surface area contributed by atoms with Gasteiger partial charge in [0.25, 0.3) is 5.91 Å². The summed E-state index contributed by atoms with van der Waals surface area (Å²) in [5, 5.41) is 0. The van der Waals surface area contributed by atoms with Crippen LogP contribution in [0.15, 0.2) is 18.2 Å². The van der Waals surface area contributed by atoms with Crippen LogP contribution in [0.2, 0.25) is 0 Å². The molecule has 0 saturated heterocycles. The maximum Gasteiger partial charge on any atom is 0.270 e. The summed E-state index contributed by atoms with van der Waals surface area (Å²) >= 11 is 0. The summed E-state index contributed by atoms with van der Waals surface area (Å²) in [4.78, 5) is 14.3. The van der Waals surface area contributed by atoms with E-state index in [4.69, 9.17) is 10.5 Å². The van der Waals surface area contributed by atoms with Crippen molar-refractivity contribution in [1.82, 2.24) is 0 Å². The van der Waals surface area contributed by atoms with Gasteiger partial charge in [-0.2, -0.15) is 0 Å². The molecule has 1 aromatic rings. The van der Waals surface area contributed by atoms with Crippen molar-refractivity contribution >= 4 is 11.6 Å². The smallest absolute Gasteiger partial charge is 0.270 e. The van der Waals surface area contributed by atoms with Gasteiger partial charge in [-0.3, -0.25) is 4.79 Å². The number of anilines is 1. The van der Waals surface area contributed by atoms with Crippen molar-refractivity contribution < 1.29 is 9.53 Å². The maximum atomic E-state index is 12.4. The van der Waals surface area contributed by atoms with Gasteiger partial charge in [-0.25, -0.2) is 0 Å². The summed E-state index contributed by atoms with van der Waals surface area (Å²) in [6, 6.07) is 5.98. The second-order valence-corrected chi connectivity index (χ2v) is 5.41. The van der Waals surface area contributed by atoms with Gasteiger partial charge in [-0.05, 0) is 50.9 Å². The number of amides is 1. The Labute approximate surface area is 114 Å². The van der Waals surface area contributed by atoms with E-state index in [0.29, 0.717) is 13.1 Å². The Balaban J connectivity index is 2.44. The highest BCUT2D eigenvalue weighted by Crippen LogP contribution is 2.38. The molecule has 1 heterocycles. The molecule has 4 heteroatoms.